The zero-order valence-electron chi connectivity index (χ0n) is 19.6. The third-order valence-electron chi connectivity index (χ3n) is 5.83. The smallest absolute Gasteiger partial charge is 0.271 e. The predicted octanol–water partition coefficient (Wildman–Crippen LogP) is 1.81. The standard InChI is InChI=1S/C23H29N5O5S/c1-16-5-6-19(20-7-8-22(29)28(25-20)23-17(2)26-33-18(23)3)15-21(16)34(30,31)24-9-4-10-27-11-13-32-14-12-27/h5-8,15,24H,4,9-14H2,1-3H3. The van der Waals surface area contributed by atoms with Crippen LogP contribution in [0.2, 0.25) is 0 Å². The maximum absolute atomic E-state index is 13.0. The Kier molecular flexibility index (Phi) is 7.27. The van der Waals surface area contributed by atoms with Crippen molar-refractivity contribution in [3.63, 3.8) is 0 Å². The lowest BCUT2D eigenvalue weighted by molar-refractivity contribution is 0.0376. The van der Waals surface area contributed by atoms with Gasteiger partial charge in [-0.25, -0.2) is 13.1 Å². The number of benzene rings is 1. The lowest BCUT2D eigenvalue weighted by Crippen LogP contribution is -2.38. The number of ether oxygens (including phenoxy) is 1. The van der Waals surface area contributed by atoms with Gasteiger partial charge in [-0.1, -0.05) is 17.3 Å². The maximum atomic E-state index is 13.0. The number of hydrogen-bond donors (Lipinski definition) is 1. The number of sulfonamides is 1. The van der Waals surface area contributed by atoms with E-state index in [2.05, 4.69) is 19.9 Å². The number of aromatic nitrogens is 3. The van der Waals surface area contributed by atoms with Crippen molar-refractivity contribution in [2.75, 3.05) is 39.4 Å². The van der Waals surface area contributed by atoms with Crippen LogP contribution in [0.5, 0.6) is 0 Å². The van der Waals surface area contributed by atoms with Gasteiger partial charge in [0.2, 0.25) is 10.0 Å². The van der Waals surface area contributed by atoms with E-state index >= 15 is 0 Å². The Morgan fingerprint density at radius 2 is 1.85 bits per heavy atom. The molecule has 3 aromatic rings. The first-order chi connectivity index (χ1) is 16.3. The fraction of sp³-hybridized carbons (Fsp3) is 0.435. The van der Waals surface area contributed by atoms with Gasteiger partial charge >= 0.3 is 0 Å². The van der Waals surface area contributed by atoms with Crippen LogP contribution >= 0.6 is 0 Å². The molecule has 3 heterocycles. The molecule has 0 amide bonds. The first-order valence-corrected chi connectivity index (χ1v) is 12.7. The van der Waals surface area contributed by atoms with Gasteiger partial charge in [0.15, 0.2) is 5.76 Å². The van der Waals surface area contributed by atoms with E-state index in [1.54, 1.807) is 45.0 Å². The van der Waals surface area contributed by atoms with E-state index in [4.69, 9.17) is 9.26 Å². The molecule has 34 heavy (non-hydrogen) atoms. The first-order valence-electron chi connectivity index (χ1n) is 11.2. The molecular weight excluding hydrogens is 458 g/mol. The Hall–Kier alpha value is -2.86. The van der Waals surface area contributed by atoms with E-state index in [0.717, 1.165) is 32.8 Å². The summed E-state index contributed by atoms with van der Waals surface area (Å²) in [7, 11) is -3.71. The summed E-state index contributed by atoms with van der Waals surface area (Å²) in [5.74, 6) is 0.470. The molecule has 1 aromatic carbocycles. The van der Waals surface area contributed by atoms with E-state index < -0.39 is 10.0 Å². The van der Waals surface area contributed by atoms with Gasteiger partial charge in [0, 0.05) is 31.3 Å². The fourth-order valence-corrected chi connectivity index (χ4v) is 5.31. The van der Waals surface area contributed by atoms with Gasteiger partial charge in [-0.05, 0) is 51.4 Å². The van der Waals surface area contributed by atoms with Crippen LogP contribution in [0.3, 0.4) is 0 Å². The number of morpholine rings is 1. The summed E-state index contributed by atoms with van der Waals surface area (Å²) >= 11 is 0. The van der Waals surface area contributed by atoms with Crippen molar-refractivity contribution >= 4 is 10.0 Å². The number of aryl methyl sites for hydroxylation is 3. The molecule has 11 heteroatoms. The summed E-state index contributed by atoms with van der Waals surface area (Å²) in [6, 6.07) is 8.09. The van der Waals surface area contributed by atoms with Gasteiger partial charge in [0.1, 0.15) is 11.4 Å². The molecule has 1 aliphatic rings. The summed E-state index contributed by atoms with van der Waals surface area (Å²) in [6.45, 7) is 9.53. The molecule has 10 nitrogen and oxygen atoms in total. The van der Waals surface area contributed by atoms with Crippen molar-refractivity contribution in [2.45, 2.75) is 32.1 Å². The van der Waals surface area contributed by atoms with Crippen LogP contribution in [0.1, 0.15) is 23.4 Å². The normalized spacial score (nSPS) is 15.0. The largest absolute Gasteiger partial charge is 0.379 e. The van der Waals surface area contributed by atoms with E-state index in [-0.39, 0.29) is 10.5 Å². The average Bonchev–Trinajstić information content (AvgIpc) is 3.16. The zero-order chi connectivity index (χ0) is 24.3. The molecule has 0 atom stereocenters. The van der Waals surface area contributed by atoms with Crippen LogP contribution < -0.4 is 10.3 Å². The average molecular weight is 488 g/mol. The molecule has 1 aliphatic heterocycles. The van der Waals surface area contributed by atoms with Gasteiger partial charge < -0.3 is 9.26 Å². The molecule has 1 fully saturated rings. The summed E-state index contributed by atoms with van der Waals surface area (Å²) in [5.41, 5.74) is 2.36. The number of hydrogen-bond acceptors (Lipinski definition) is 8. The van der Waals surface area contributed by atoms with Crippen LogP contribution in [0.15, 0.2) is 44.5 Å². The van der Waals surface area contributed by atoms with E-state index in [0.29, 0.717) is 46.9 Å². The van der Waals surface area contributed by atoms with E-state index in [1.807, 2.05) is 0 Å². The Labute approximate surface area is 198 Å². The van der Waals surface area contributed by atoms with Gasteiger partial charge in [-0.2, -0.15) is 9.78 Å². The third-order valence-corrected chi connectivity index (χ3v) is 7.43. The molecular formula is C23H29N5O5S. The highest BCUT2D eigenvalue weighted by Crippen LogP contribution is 2.24. The third kappa shape index (κ3) is 5.27. The van der Waals surface area contributed by atoms with Crippen LogP contribution in [-0.2, 0) is 14.8 Å². The summed E-state index contributed by atoms with van der Waals surface area (Å²) < 4.78 is 40.5. The highest BCUT2D eigenvalue weighted by Gasteiger charge is 2.20. The fourth-order valence-electron chi connectivity index (χ4n) is 3.97. The highest BCUT2D eigenvalue weighted by atomic mass is 32.2. The lowest BCUT2D eigenvalue weighted by Gasteiger charge is -2.26. The first kappa shape index (κ1) is 24.3. The van der Waals surface area contributed by atoms with Crippen molar-refractivity contribution in [1.82, 2.24) is 24.6 Å². The van der Waals surface area contributed by atoms with Crippen LogP contribution in [0.25, 0.3) is 16.9 Å². The van der Waals surface area contributed by atoms with Crippen molar-refractivity contribution in [2.24, 2.45) is 0 Å². The van der Waals surface area contributed by atoms with Crippen molar-refractivity contribution in [3.05, 3.63) is 57.7 Å². The molecule has 0 saturated carbocycles. The molecule has 0 radical (unpaired) electrons. The quantitative estimate of drug-likeness (QED) is 0.478. The van der Waals surface area contributed by atoms with Crippen LogP contribution in [0, 0.1) is 20.8 Å². The topological polar surface area (TPSA) is 120 Å². The monoisotopic (exact) mass is 487 g/mol. The van der Waals surface area contributed by atoms with E-state index in [9.17, 15) is 13.2 Å². The highest BCUT2D eigenvalue weighted by molar-refractivity contribution is 7.89. The predicted molar refractivity (Wildman–Crippen MR) is 127 cm³/mol. The summed E-state index contributed by atoms with van der Waals surface area (Å²) in [5, 5.41) is 8.35. The van der Waals surface area contributed by atoms with Gasteiger partial charge in [0.05, 0.1) is 23.8 Å². The molecule has 0 aliphatic carbocycles. The van der Waals surface area contributed by atoms with Gasteiger partial charge in [-0.3, -0.25) is 9.69 Å². The number of nitrogens with one attached hydrogen (secondary N) is 1. The molecule has 2 aromatic heterocycles. The second-order valence-corrected chi connectivity index (χ2v) is 10.1. The minimum Gasteiger partial charge on any atom is -0.379 e. The van der Waals surface area contributed by atoms with Gasteiger partial charge in [0.25, 0.3) is 5.56 Å². The second kappa shape index (κ2) is 10.2. The Balaban J connectivity index is 1.55. The molecule has 0 unspecified atom stereocenters. The number of nitrogens with zero attached hydrogens (tertiary/aromatic N) is 4. The zero-order valence-corrected chi connectivity index (χ0v) is 20.4. The second-order valence-electron chi connectivity index (χ2n) is 8.33. The molecule has 1 N–H and O–H groups in total. The Morgan fingerprint density at radius 3 is 2.56 bits per heavy atom. The number of rotatable bonds is 8. The van der Waals surface area contributed by atoms with Crippen LogP contribution in [0.4, 0.5) is 0 Å². The Morgan fingerprint density at radius 1 is 1.09 bits per heavy atom. The molecule has 0 spiro atoms. The van der Waals surface area contributed by atoms with Crippen molar-refractivity contribution in [1.29, 1.82) is 0 Å². The Bertz CT molecular complexity index is 1310. The molecule has 0 bridgehead atoms. The maximum Gasteiger partial charge on any atom is 0.271 e. The summed E-state index contributed by atoms with van der Waals surface area (Å²) in [6.07, 6.45) is 0.710. The van der Waals surface area contributed by atoms with Crippen LogP contribution in [-0.4, -0.2) is 67.6 Å². The lowest BCUT2D eigenvalue weighted by atomic mass is 10.1. The van der Waals surface area contributed by atoms with E-state index in [1.165, 1.54) is 10.7 Å². The van der Waals surface area contributed by atoms with Crippen molar-refractivity contribution in [3.8, 4) is 16.9 Å². The van der Waals surface area contributed by atoms with Crippen molar-refractivity contribution < 1.29 is 17.7 Å². The van der Waals surface area contributed by atoms with Gasteiger partial charge in [-0.15, -0.1) is 0 Å². The molecule has 182 valence electrons. The molecule has 4 rings (SSSR count). The summed E-state index contributed by atoms with van der Waals surface area (Å²) in [4.78, 5) is 14.9. The minimum absolute atomic E-state index is 0.188. The minimum atomic E-state index is -3.71. The SMILES string of the molecule is Cc1ccc(-c2ccc(=O)n(-c3c(C)noc3C)n2)cc1S(=O)(=O)NCCCN1CCOCC1. The molecule has 1 saturated heterocycles.